The predicted molar refractivity (Wildman–Crippen MR) is 110 cm³/mol. The predicted octanol–water partition coefficient (Wildman–Crippen LogP) is 3.78. The van der Waals surface area contributed by atoms with Gasteiger partial charge in [0.25, 0.3) is 5.91 Å². The number of amides is 2. The molecule has 5 nitrogen and oxygen atoms in total. The van der Waals surface area contributed by atoms with Crippen molar-refractivity contribution in [1.29, 1.82) is 0 Å². The Morgan fingerprint density at radius 1 is 0.897 bits per heavy atom. The lowest BCUT2D eigenvalue weighted by atomic mass is 10.1. The van der Waals surface area contributed by atoms with Gasteiger partial charge in [0, 0.05) is 24.2 Å². The Bertz CT molecular complexity index is 975. The third-order valence-electron chi connectivity index (χ3n) is 4.34. The average Bonchev–Trinajstić information content (AvgIpc) is 2.74. The van der Waals surface area contributed by atoms with Gasteiger partial charge in [-0.25, -0.2) is 4.39 Å². The minimum atomic E-state index is -0.528. The second kappa shape index (κ2) is 9.50. The fraction of sp³-hybridized carbons (Fsp3) is 0.130. The van der Waals surface area contributed by atoms with Gasteiger partial charge >= 0.3 is 0 Å². The normalized spacial score (nSPS) is 10.4. The van der Waals surface area contributed by atoms with E-state index in [9.17, 15) is 14.0 Å². The highest BCUT2D eigenvalue weighted by atomic mass is 19.1. The van der Waals surface area contributed by atoms with Crippen LogP contribution >= 0.6 is 0 Å². The van der Waals surface area contributed by atoms with E-state index in [-0.39, 0.29) is 25.5 Å². The summed E-state index contributed by atoms with van der Waals surface area (Å²) in [5.41, 5.74) is 7.53. The third kappa shape index (κ3) is 5.42. The van der Waals surface area contributed by atoms with Gasteiger partial charge in [0.2, 0.25) is 5.91 Å². The van der Waals surface area contributed by atoms with Crippen molar-refractivity contribution in [2.24, 2.45) is 5.73 Å². The molecule has 3 aromatic carbocycles. The molecule has 0 aliphatic carbocycles. The number of carbonyl (C=O) groups is 2. The number of nitrogens with two attached hydrogens (primary N) is 1. The summed E-state index contributed by atoms with van der Waals surface area (Å²) in [5, 5.41) is 0. The van der Waals surface area contributed by atoms with Crippen molar-refractivity contribution in [3.63, 3.8) is 0 Å². The monoisotopic (exact) mass is 392 g/mol. The van der Waals surface area contributed by atoms with E-state index >= 15 is 0 Å². The Hall–Kier alpha value is -3.67. The van der Waals surface area contributed by atoms with Gasteiger partial charge in [0.05, 0.1) is 0 Å². The summed E-state index contributed by atoms with van der Waals surface area (Å²) >= 11 is 0. The summed E-state index contributed by atoms with van der Waals surface area (Å²) in [6, 6.07) is 22.6. The van der Waals surface area contributed by atoms with E-state index in [4.69, 9.17) is 10.5 Å². The number of ether oxygens (including phenoxy) is 1. The molecule has 0 heterocycles. The number of benzene rings is 3. The first-order valence-electron chi connectivity index (χ1n) is 9.16. The van der Waals surface area contributed by atoms with Gasteiger partial charge in [-0.1, -0.05) is 48.5 Å². The van der Waals surface area contributed by atoms with E-state index in [1.165, 1.54) is 29.2 Å². The molecule has 148 valence electrons. The first kappa shape index (κ1) is 20.1. The first-order chi connectivity index (χ1) is 14.0. The Kier molecular flexibility index (Phi) is 6.58. The maximum atomic E-state index is 13.2. The minimum Gasteiger partial charge on any atom is -0.483 e. The quantitative estimate of drug-likeness (QED) is 0.634. The molecule has 0 radical (unpaired) electrons. The Morgan fingerprint density at radius 3 is 2.24 bits per heavy atom. The number of rotatable bonds is 8. The van der Waals surface area contributed by atoms with E-state index in [0.29, 0.717) is 11.4 Å². The van der Waals surface area contributed by atoms with Crippen LogP contribution in [-0.4, -0.2) is 25.0 Å². The van der Waals surface area contributed by atoms with Crippen molar-refractivity contribution < 1.29 is 18.7 Å². The molecule has 0 aliphatic rings. The van der Waals surface area contributed by atoms with Crippen LogP contribution in [0.3, 0.4) is 0 Å². The maximum Gasteiger partial charge on any atom is 0.264 e. The zero-order chi connectivity index (χ0) is 20.6. The highest BCUT2D eigenvalue weighted by molar-refractivity contribution is 5.95. The molecule has 2 N–H and O–H groups in total. The largest absolute Gasteiger partial charge is 0.483 e. The molecule has 0 saturated heterocycles. The lowest BCUT2D eigenvalue weighted by Gasteiger charge is -2.23. The molecule has 0 aromatic heterocycles. The zero-order valence-electron chi connectivity index (χ0n) is 15.8. The molecule has 0 fully saturated rings. The number of hydrogen-bond acceptors (Lipinski definition) is 3. The highest BCUT2D eigenvalue weighted by Crippen LogP contribution is 2.29. The lowest BCUT2D eigenvalue weighted by molar-refractivity contribution is -0.120. The van der Waals surface area contributed by atoms with Gasteiger partial charge in [-0.05, 0) is 35.9 Å². The van der Waals surface area contributed by atoms with Crippen molar-refractivity contribution in [3.05, 3.63) is 84.7 Å². The van der Waals surface area contributed by atoms with Crippen LogP contribution < -0.4 is 15.4 Å². The molecule has 0 unspecified atom stereocenters. The average molecular weight is 392 g/mol. The number of para-hydroxylation sites is 1. The van der Waals surface area contributed by atoms with Crippen LogP contribution in [0.1, 0.15) is 6.42 Å². The van der Waals surface area contributed by atoms with E-state index in [1.54, 1.807) is 6.07 Å². The number of halogens is 1. The topological polar surface area (TPSA) is 72.6 Å². The lowest BCUT2D eigenvalue weighted by Crippen LogP contribution is -2.37. The van der Waals surface area contributed by atoms with Crippen molar-refractivity contribution in [1.82, 2.24) is 0 Å². The van der Waals surface area contributed by atoms with Crippen LogP contribution in [0.5, 0.6) is 5.75 Å². The van der Waals surface area contributed by atoms with Gasteiger partial charge < -0.3 is 15.4 Å². The Balaban J connectivity index is 1.77. The molecule has 0 spiro atoms. The number of nitrogens with zero attached hydrogens (tertiary/aromatic N) is 1. The molecule has 2 amide bonds. The van der Waals surface area contributed by atoms with Crippen LogP contribution in [0.2, 0.25) is 0 Å². The summed E-state index contributed by atoms with van der Waals surface area (Å²) in [4.78, 5) is 25.4. The molecular formula is C23H21FN2O3. The van der Waals surface area contributed by atoms with Gasteiger partial charge in [0.15, 0.2) is 6.61 Å². The third-order valence-corrected chi connectivity index (χ3v) is 4.34. The van der Waals surface area contributed by atoms with Gasteiger partial charge in [0.1, 0.15) is 11.6 Å². The molecule has 6 heteroatoms. The van der Waals surface area contributed by atoms with Crippen molar-refractivity contribution in [2.45, 2.75) is 6.42 Å². The second-order valence-electron chi connectivity index (χ2n) is 6.39. The van der Waals surface area contributed by atoms with E-state index in [1.807, 2.05) is 48.5 Å². The van der Waals surface area contributed by atoms with Gasteiger partial charge in [-0.15, -0.1) is 0 Å². The fourth-order valence-electron chi connectivity index (χ4n) is 2.91. The molecule has 0 bridgehead atoms. The number of carbonyl (C=O) groups excluding carboxylic acids is 2. The van der Waals surface area contributed by atoms with Gasteiger partial charge in [-0.3, -0.25) is 9.59 Å². The van der Waals surface area contributed by atoms with Crippen molar-refractivity contribution >= 4 is 17.5 Å². The van der Waals surface area contributed by atoms with Crippen LogP contribution in [0.25, 0.3) is 11.1 Å². The SMILES string of the molecule is NC(=O)CCN(C(=O)COc1ccccc1-c1ccccc1)c1ccc(F)cc1. The Morgan fingerprint density at radius 2 is 1.55 bits per heavy atom. The number of primary amides is 1. The van der Waals surface area contributed by atoms with Crippen LogP contribution in [0.15, 0.2) is 78.9 Å². The van der Waals surface area contributed by atoms with E-state index in [0.717, 1.165) is 11.1 Å². The van der Waals surface area contributed by atoms with Crippen LogP contribution in [0, 0.1) is 5.82 Å². The summed E-state index contributed by atoms with van der Waals surface area (Å²) in [7, 11) is 0. The molecule has 29 heavy (non-hydrogen) atoms. The molecule has 3 rings (SSSR count). The molecule has 0 aliphatic heterocycles. The second-order valence-corrected chi connectivity index (χ2v) is 6.39. The maximum absolute atomic E-state index is 13.2. The summed E-state index contributed by atoms with van der Waals surface area (Å²) < 4.78 is 19.0. The van der Waals surface area contributed by atoms with Crippen LogP contribution in [-0.2, 0) is 9.59 Å². The molecule has 0 saturated carbocycles. The molecule has 0 atom stereocenters. The highest BCUT2D eigenvalue weighted by Gasteiger charge is 2.18. The summed E-state index contributed by atoms with van der Waals surface area (Å²) in [6.45, 7) is -0.149. The van der Waals surface area contributed by atoms with E-state index < -0.39 is 11.7 Å². The zero-order valence-corrected chi connectivity index (χ0v) is 15.8. The van der Waals surface area contributed by atoms with E-state index in [2.05, 4.69) is 0 Å². The van der Waals surface area contributed by atoms with Crippen molar-refractivity contribution in [2.75, 3.05) is 18.1 Å². The summed E-state index contributed by atoms with van der Waals surface area (Å²) in [5.74, 6) is -0.730. The van der Waals surface area contributed by atoms with Crippen LogP contribution in [0.4, 0.5) is 10.1 Å². The minimum absolute atomic E-state index is 0.0102. The van der Waals surface area contributed by atoms with Crippen molar-refractivity contribution in [3.8, 4) is 16.9 Å². The van der Waals surface area contributed by atoms with Gasteiger partial charge in [-0.2, -0.15) is 0 Å². The smallest absolute Gasteiger partial charge is 0.264 e. The number of anilines is 1. The standard InChI is InChI=1S/C23H21FN2O3/c24-18-10-12-19(13-11-18)26(15-14-22(25)27)23(28)16-29-21-9-5-4-8-20(21)17-6-2-1-3-7-17/h1-13H,14-16H2,(H2,25,27). The fourth-order valence-corrected chi connectivity index (χ4v) is 2.91. The summed E-state index contributed by atoms with van der Waals surface area (Å²) in [6.07, 6.45) is -0.0102. The number of hydrogen-bond donors (Lipinski definition) is 1. The molecular weight excluding hydrogens is 371 g/mol. The first-order valence-corrected chi connectivity index (χ1v) is 9.16. The Labute approximate surface area is 168 Å². The molecule has 3 aromatic rings.